The summed E-state index contributed by atoms with van der Waals surface area (Å²) >= 11 is 0. The normalized spacial score (nSPS) is 19.6. The number of carbonyl (C=O) groups excluding carboxylic acids is 3. The summed E-state index contributed by atoms with van der Waals surface area (Å²) in [6.45, 7) is 9.60. The highest BCUT2D eigenvalue weighted by Crippen LogP contribution is 2.36. The van der Waals surface area contributed by atoms with Crippen LogP contribution in [0.3, 0.4) is 0 Å². The summed E-state index contributed by atoms with van der Waals surface area (Å²) in [6, 6.07) is -1.42. The molecule has 2 rings (SSSR count). The van der Waals surface area contributed by atoms with Crippen molar-refractivity contribution >= 4 is 27.6 Å². The van der Waals surface area contributed by atoms with Crippen molar-refractivity contribution in [2.45, 2.75) is 96.1 Å². The molecule has 0 aliphatic carbocycles. The van der Waals surface area contributed by atoms with E-state index in [0.29, 0.717) is 45.3 Å². The van der Waals surface area contributed by atoms with E-state index in [1.807, 2.05) is 12.2 Å². The summed E-state index contributed by atoms with van der Waals surface area (Å²) in [4.78, 5) is 47.9. The first-order valence-corrected chi connectivity index (χ1v) is 13.9. The first-order chi connectivity index (χ1) is 17.5. The van der Waals surface area contributed by atoms with Crippen molar-refractivity contribution in [3.63, 3.8) is 0 Å². The number of imide groups is 3. The van der Waals surface area contributed by atoms with E-state index >= 15 is 0 Å². The third kappa shape index (κ3) is 9.21. The Morgan fingerprint density at radius 2 is 1.46 bits per heavy atom. The number of hydrogen-bond donors (Lipinski definition) is 0. The molecule has 1 spiro atoms. The van der Waals surface area contributed by atoms with E-state index in [1.54, 1.807) is 0 Å². The first-order valence-electron chi connectivity index (χ1n) is 13.4. The van der Waals surface area contributed by atoms with Crippen LogP contribution in [0.4, 0.5) is 19.1 Å². The van der Waals surface area contributed by atoms with Crippen LogP contribution in [0.25, 0.3) is 5.48 Å². The Bertz CT molecular complexity index is 700. The Morgan fingerprint density at radius 3 is 1.97 bits per heavy atom. The summed E-state index contributed by atoms with van der Waals surface area (Å²) in [6.07, 6.45) is 15.4. The highest BCUT2D eigenvalue weighted by atomic mass is 31.0. The molecule has 0 aromatic heterocycles. The number of halogens is 1. The van der Waals surface area contributed by atoms with Crippen molar-refractivity contribution in [3.05, 3.63) is 37.6 Å². The second-order valence-corrected chi connectivity index (χ2v) is 9.80. The molecule has 212 valence electrons. The summed E-state index contributed by atoms with van der Waals surface area (Å²) in [5.74, 6) is 0. The molecule has 2 fully saturated rings. The quantitative estimate of drug-likeness (QED) is 0.0343. The fraction of sp³-hybridized carbons (Fsp3) is 0.692. The van der Waals surface area contributed by atoms with E-state index in [0.717, 1.165) is 71.0 Å². The molecule has 2 unspecified atom stereocenters. The zero-order valence-electron chi connectivity index (χ0n) is 22.1. The average molecular weight is 545 g/mol. The van der Waals surface area contributed by atoms with Crippen LogP contribution in [0.5, 0.6) is 0 Å². The molecule has 9 nitrogen and oxygen atoms in total. The van der Waals surface area contributed by atoms with E-state index in [-0.39, 0.29) is 4.70 Å². The van der Waals surface area contributed by atoms with Crippen LogP contribution in [0.2, 0.25) is 0 Å². The van der Waals surface area contributed by atoms with Gasteiger partial charge in [-0.1, -0.05) is 37.8 Å². The van der Waals surface area contributed by atoms with Gasteiger partial charge in [0, 0.05) is 13.1 Å². The standard InChI is InChI=1S/C26H45N4O5P.FH/c1-3-5-7-9-11-15-19-28-24(31)29(20-16-12-10-8-6-4-2)26(33)30(25(28)32)21-17-13-14-18-23(30)27-34-22-35-36;/h3-4,22-23,34H,1-2,5-21,36H2;1H. The highest BCUT2D eigenvalue weighted by Gasteiger charge is 2.60. The van der Waals surface area contributed by atoms with E-state index in [2.05, 4.69) is 32.9 Å². The number of hydroxylamine groups is 1. The van der Waals surface area contributed by atoms with E-state index in [4.69, 9.17) is 4.52 Å². The Labute approximate surface area is 223 Å². The molecular weight excluding hydrogens is 498 g/mol. The van der Waals surface area contributed by atoms with Crippen LogP contribution < -0.4 is 0 Å². The minimum absolute atomic E-state index is 0. The summed E-state index contributed by atoms with van der Waals surface area (Å²) in [5, 5.41) is 0. The van der Waals surface area contributed by atoms with Gasteiger partial charge in [0.1, 0.15) is 0 Å². The Hall–Kier alpha value is -1.71. The molecule has 2 aliphatic heterocycles. The number of quaternary nitrogens is 1. The average Bonchev–Trinajstić information content (AvgIpc) is 3.09. The Balaban J connectivity index is 0.00000684. The molecule has 11 heteroatoms. The van der Waals surface area contributed by atoms with Crippen molar-refractivity contribution in [2.75, 3.05) is 19.6 Å². The van der Waals surface area contributed by atoms with Gasteiger partial charge < -0.3 is 14.8 Å². The van der Waals surface area contributed by atoms with Crippen LogP contribution in [0.1, 0.15) is 89.9 Å². The van der Waals surface area contributed by atoms with Crippen molar-refractivity contribution in [1.29, 1.82) is 0 Å². The number of carbonyl (C=O) groups is 3. The molecule has 0 saturated carbocycles. The maximum atomic E-state index is 13.9. The van der Waals surface area contributed by atoms with Crippen molar-refractivity contribution in [1.82, 2.24) is 9.80 Å². The minimum atomic E-state index is -0.679. The van der Waals surface area contributed by atoms with Crippen LogP contribution >= 0.6 is 9.47 Å². The van der Waals surface area contributed by atoms with Crippen LogP contribution in [0.15, 0.2) is 25.3 Å². The minimum Gasteiger partial charge on any atom is -0.612 e. The molecule has 2 aliphatic rings. The zero-order chi connectivity index (χ0) is 26.2. The van der Waals surface area contributed by atoms with Gasteiger partial charge in [-0.25, -0.2) is 24.2 Å². The van der Waals surface area contributed by atoms with Crippen LogP contribution in [0, 0.1) is 6.79 Å². The van der Waals surface area contributed by atoms with E-state index in [1.165, 1.54) is 9.80 Å². The molecule has 1 N–H and O–H groups in total. The smallest absolute Gasteiger partial charge is 0.435 e. The second kappa shape index (κ2) is 18.5. The van der Waals surface area contributed by atoms with Gasteiger partial charge in [-0.15, -0.1) is 13.2 Å². The summed E-state index contributed by atoms with van der Waals surface area (Å²) in [7, 11) is 2.07. The molecular formula is C26H46FN4O5P. The summed E-state index contributed by atoms with van der Waals surface area (Å²) < 4.78 is 4.31. The lowest BCUT2D eigenvalue weighted by molar-refractivity contribution is -0.801. The third-order valence-electron chi connectivity index (χ3n) is 6.98. The fourth-order valence-electron chi connectivity index (χ4n) is 4.99. The monoisotopic (exact) mass is 544 g/mol. The van der Waals surface area contributed by atoms with Gasteiger partial charge in [0.15, 0.2) is 0 Å². The number of unbranched alkanes of at least 4 members (excludes halogenated alkanes) is 8. The molecule has 2 heterocycles. The second-order valence-electron chi connectivity index (χ2n) is 9.53. The molecule has 2 saturated heterocycles. The number of nitrogens with zero attached hydrogens (tertiary/aromatic N) is 4. The first kappa shape index (κ1) is 33.3. The number of hydrogen-bond acceptors (Lipinski definition) is 4. The van der Waals surface area contributed by atoms with Gasteiger partial charge in [0.05, 0.1) is 19.5 Å². The van der Waals surface area contributed by atoms with Gasteiger partial charge in [-0.2, -0.15) is 4.48 Å². The lowest BCUT2D eigenvalue weighted by Gasteiger charge is -2.49. The molecule has 0 aromatic rings. The molecule has 0 radical (unpaired) electrons. The van der Waals surface area contributed by atoms with Crippen molar-refractivity contribution < 1.29 is 32.9 Å². The van der Waals surface area contributed by atoms with Crippen molar-refractivity contribution in [3.8, 4) is 0 Å². The van der Waals surface area contributed by atoms with Crippen LogP contribution in [-0.4, -0.2) is 63.0 Å². The Kier molecular flexibility index (Phi) is 16.7. The van der Waals surface area contributed by atoms with E-state index in [9.17, 15) is 14.4 Å². The molecule has 37 heavy (non-hydrogen) atoms. The van der Waals surface area contributed by atoms with Gasteiger partial charge in [0.2, 0.25) is 0 Å². The predicted octanol–water partition coefficient (Wildman–Crippen LogP) is 7.33. The Morgan fingerprint density at radius 1 is 0.919 bits per heavy atom. The summed E-state index contributed by atoms with van der Waals surface area (Å²) in [5.41, 5.74) is 4.34. The third-order valence-corrected chi connectivity index (χ3v) is 7.10. The molecule has 0 aromatic carbocycles. The zero-order valence-corrected chi connectivity index (χ0v) is 23.3. The lowest BCUT2D eigenvalue weighted by Crippen LogP contribution is -2.76. The number of urea groups is 3. The van der Waals surface area contributed by atoms with Gasteiger partial charge in [-0.3, -0.25) is 4.70 Å². The lowest BCUT2D eigenvalue weighted by atomic mass is 10.1. The maximum Gasteiger partial charge on any atom is 0.435 e. The number of allylic oxidation sites excluding steroid dienone is 2. The van der Waals surface area contributed by atoms with Crippen molar-refractivity contribution in [2.24, 2.45) is 0 Å². The largest absolute Gasteiger partial charge is 0.612 e. The number of aliphatic hydroxyl groups is 1. The molecule has 6 amide bonds. The van der Waals surface area contributed by atoms with Gasteiger partial charge in [0.25, 0.3) is 0 Å². The van der Waals surface area contributed by atoms with Gasteiger partial charge in [-0.05, 0) is 73.7 Å². The topological polar surface area (TPSA) is 93.8 Å². The number of amides is 6. The molecule has 2 atom stereocenters. The maximum absolute atomic E-state index is 13.9. The van der Waals surface area contributed by atoms with E-state index < -0.39 is 28.7 Å². The SMILES string of the molecule is C=CCCCCCCN1C(=O)N(CCCCCCC=C)C(=O)[N+]2(CCCCCC2[N-][OH+][CH-]OP)C1=O.F. The highest BCUT2D eigenvalue weighted by molar-refractivity contribution is 7.09. The predicted molar refractivity (Wildman–Crippen MR) is 146 cm³/mol. The number of rotatable bonds is 18. The fourth-order valence-corrected chi connectivity index (χ4v) is 5.04. The van der Waals surface area contributed by atoms with Gasteiger partial charge >= 0.3 is 18.1 Å². The molecule has 0 bridgehead atoms. The van der Waals surface area contributed by atoms with Crippen LogP contribution in [-0.2, 0) is 4.52 Å².